The van der Waals surface area contributed by atoms with Gasteiger partial charge in [-0.15, -0.1) is 11.3 Å². The van der Waals surface area contributed by atoms with E-state index >= 15 is 0 Å². The highest BCUT2D eigenvalue weighted by Crippen LogP contribution is 2.26. The highest BCUT2D eigenvalue weighted by molar-refractivity contribution is 7.14. The summed E-state index contributed by atoms with van der Waals surface area (Å²) in [5.41, 5.74) is 1.84. The van der Waals surface area contributed by atoms with Gasteiger partial charge in [0.1, 0.15) is 0 Å². The van der Waals surface area contributed by atoms with Crippen LogP contribution in [0.1, 0.15) is 20.3 Å². The van der Waals surface area contributed by atoms with Crippen LogP contribution in [0.5, 0.6) is 0 Å². The van der Waals surface area contributed by atoms with Crippen molar-refractivity contribution < 1.29 is 4.79 Å². The molecule has 5 heteroatoms. The predicted molar refractivity (Wildman–Crippen MR) is 80.6 cm³/mol. The zero-order valence-electron chi connectivity index (χ0n) is 10.8. The molecule has 0 radical (unpaired) electrons. The molecule has 19 heavy (non-hydrogen) atoms. The highest BCUT2D eigenvalue weighted by atomic mass is 35.5. The van der Waals surface area contributed by atoms with Gasteiger partial charge in [0, 0.05) is 22.4 Å². The molecule has 0 bridgehead atoms. The zero-order chi connectivity index (χ0) is 13.8. The quantitative estimate of drug-likeness (QED) is 0.905. The standard InChI is InChI=1S/C14H15ClN2OS/c1-9(2)7-13(18)17-14-16-12(8-19-14)10-3-5-11(15)6-4-10/h3-6,8-9H,7H2,1-2H3,(H,16,17,18). The highest BCUT2D eigenvalue weighted by Gasteiger charge is 2.09. The molecule has 2 rings (SSSR count). The minimum absolute atomic E-state index is 0.00649. The Morgan fingerprint density at radius 1 is 1.37 bits per heavy atom. The fourth-order valence-electron chi connectivity index (χ4n) is 1.63. The normalized spacial score (nSPS) is 10.7. The Kier molecular flexibility index (Phi) is 4.56. The largest absolute Gasteiger partial charge is 0.302 e. The van der Waals surface area contributed by atoms with Crippen molar-refractivity contribution in [3.8, 4) is 11.3 Å². The molecular formula is C14H15ClN2OS. The van der Waals surface area contributed by atoms with E-state index < -0.39 is 0 Å². The number of hydrogen-bond acceptors (Lipinski definition) is 3. The minimum atomic E-state index is 0.00649. The third kappa shape index (κ3) is 4.04. The van der Waals surface area contributed by atoms with E-state index in [1.54, 1.807) is 0 Å². The lowest BCUT2D eigenvalue weighted by Crippen LogP contribution is -2.13. The number of carbonyl (C=O) groups is 1. The summed E-state index contributed by atoms with van der Waals surface area (Å²) < 4.78 is 0. The Morgan fingerprint density at radius 3 is 2.68 bits per heavy atom. The van der Waals surface area contributed by atoms with Gasteiger partial charge < -0.3 is 5.32 Å². The molecule has 0 atom stereocenters. The van der Waals surface area contributed by atoms with Crippen LogP contribution in [0.3, 0.4) is 0 Å². The fraction of sp³-hybridized carbons (Fsp3) is 0.286. The second-order valence-corrected chi connectivity index (χ2v) is 5.99. The first kappa shape index (κ1) is 14.0. The molecule has 0 fully saturated rings. The summed E-state index contributed by atoms with van der Waals surface area (Å²) in [6.45, 7) is 4.03. The summed E-state index contributed by atoms with van der Waals surface area (Å²) in [6.07, 6.45) is 0.510. The SMILES string of the molecule is CC(C)CC(=O)Nc1nc(-c2ccc(Cl)cc2)cs1. The first-order valence-corrected chi connectivity index (χ1v) is 7.31. The maximum atomic E-state index is 11.7. The summed E-state index contributed by atoms with van der Waals surface area (Å²) >= 11 is 7.27. The van der Waals surface area contributed by atoms with E-state index in [4.69, 9.17) is 11.6 Å². The van der Waals surface area contributed by atoms with Crippen LogP contribution in [-0.2, 0) is 4.79 Å². The topological polar surface area (TPSA) is 42.0 Å². The lowest BCUT2D eigenvalue weighted by molar-refractivity contribution is -0.116. The van der Waals surface area contributed by atoms with Crippen molar-refractivity contribution in [2.45, 2.75) is 20.3 Å². The van der Waals surface area contributed by atoms with Crippen molar-refractivity contribution in [3.63, 3.8) is 0 Å². The van der Waals surface area contributed by atoms with Gasteiger partial charge in [-0.2, -0.15) is 0 Å². The van der Waals surface area contributed by atoms with E-state index in [0.717, 1.165) is 11.3 Å². The summed E-state index contributed by atoms with van der Waals surface area (Å²) in [5, 5.41) is 6.08. The van der Waals surface area contributed by atoms with Crippen molar-refractivity contribution in [1.29, 1.82) is 0 Å². The van der Waals surface area contributed by atoms with Crippen molar-refractivity contribution in [3.05, 3.63) is 34.7 Å². The van der Waals surface area contributed by atoms with E-state index in [1.165, 1.54) is 11.3 Å². The number of benzene rings is 1. The molecule has 1 aromatic heterocycles. The Bertz CT molecular complexity index is 563. The third-order valence-corrected chi connectivity index (χ3v) is 3.49. The van der Waals surface area contributed by atoms with E-state index in [1.807, 2.05) is 43.5 Å². The average Bonchev–Trinajstić information content (AvgIpc) is 2.77. The van der Waals surface area contributed by atoms with Gasteiger partial charge >= 0.3 is 0 Å². The number of halogens is 1. The van der Waals surface area contributed by atoms with Gasteiger partial charge in [-0.05, 0) is 18.1 Å². The van der Waals surface area contributed by atoms with Gasteiger partial charge in [0.25, 0.3) is 0 Å². The van der Waals surface area contributed by atoms with Crippen LogP contribution in [0.2, 0.25) is 5.02 Å². The molecule has 1 aromatic carbocycles. The average molecular weight is 295 g/mol. The van der Waals surface area contributed by atoms with Crippen molar-refractivity contribution in [2.75, 3.05) is 5.32 Å². The molecule has 0 spiro atoms. The molecule has 2 aromatic rings. The van der Waals surface area contributed by atoms with Crippen molar-refractivity contribution >= 4 is 34.0 Å². The Labute approximate surface area is 121 Å². The monoisotopic (exact) mass is 294 g/mol. The number of thiazole rings is 1. The number of rotatable bonds is 4. The molecule has 3 nitrogen and oxygen atoms in total. The Balaban J connectivity index is 2.07. The van der Waals surface area contributed by atoms with E-state index in [-0.39, 0.29) is 5.91 Å². The molecular weight excluding hydrogens is 280 g/mol. The van der Waals surface area contributed by atoms with Crippen LogP contribution in [0.4, 0.5) is 5.13 Å². The second kappa shape index (κ2) is 6.17. The third-order valence-electron chi connectivity index (χ3n) is 2.48. The van der Waals surface area contributed by atoms with Gasteiger partial charge in [-0.1, -0.05) is 37.6 Å². The lowest BCUT2D eigenvalue weighted by atomic mass is 10.1. The molecule has 0 saturated heterocycles. The number of nitrogens with zero attached hydrogens (tertiary/aromatic N) is 1. The van der Waals surface area contributed by atoms with Crippen LogP contribution >= 0.6 is 22.9 Å². The first-order chi connectivity index (χ1) is 9.04. The van der Waals surface area contributed by atoms with Gasteiger partial charge in [-0.25, -0.2) is 4.98 Å². The predicted octanol–water partition coefficient (Wildman–Crippen LogP) is 4.45. The summed E-state index contributed by atoms with van der Waals surface area (Å²) in [5.74, 6) is 0.350. The maximum absolute atomic E-state index is 11.7. The molecule has 1 amide bonds. The summed E-state index contributed by atoms with van der Waals surface area (Å²) in [4.78, 5) is 16.1. The summed E-state index contributed by atoms with van der Waals surface area (Å²) in [6, 6.07) is 7.48. The molecule has 0 saturated carbocycles. The first-order valence-electron chi connectivity index (χ1n) is 6.06. The summed E-state index contributed by atoms with van der Waals surface area (Å²) in [7, 11) is 0. The van der Waals surface area contributed by atoms with Gasteiger partial charge in [0.05, 0.1) is 5.69 Å². The molecule has 1 heterocycles. The molecule has 1 N–H and O–H groups in total. The number of hydrogen-bond donors (Lipinski definition) is 1. The van der Waals surface area contributed by atoms with E-state index in [9.17, 15) is 4.79 Å². The number of amides is 1. The molecule has 0 aliphatic rings. The smallest absolute Gasteiger partial charge is 0.226 e. The molecule has 0 aliphatic carbocycles. The molecule has 100 valence electrons. The van der Waals surface area contributed by atoms with Gasteiger partial charge in [0.2, 0.25) is 5.91 Å². The fourth-order valence-corrected chi connectivity index (χ4v) is 2.49. The molecule has 0 aliphatic heterocycles. The Hall–Kier alpha value is -1.39. The Morgan fingerprint density at radius 2 is 2.05 bits per heavy atom. The zero-order valence-corrected chi connectivity index (χ0v) is 12.4. The van der Waals surface area contributed by atoms with Crippen LogP contribution in [0, 0.1) is 5.92 Å². The van der Waals surface area contributed by atoms with Crippen molar-refractivity contribution in [2.24, 2.45) is 5.92 Å². The maximum Gasteiger partial charge on any atom is 0.226 e. The van der Waals surface area contributed by atoms with E-state index in [0.29, 0.717) is 22.5 Å². The van der Waals surface area contributed by atoms with Gasteiger partial charge in [-0.3, -0.25) is 4.79 Å². The number of aromatic nitrogens is 1. The number of anilines is 1. The van der Waals surface area contributed by atoms with E-state index in [2.05, 4.69) is 10.3 Å². The second-order valence-electron chi connectivity index (χ2n) is 4.69. The van der Waals surface area contributed by atoms with Crippen LogP contribution in [-0.4, -0.2) is 10.9 Å². The minimum Gasteiger partial charge on any atom is -0.302 e. The van der Waals surface area contributed by atoms with Crippen LogP contribution in [0.15, 0.2) is 29.6 Å². The number of carbonyl (C=O) groups excluding carboxylic acids is 1. The van der Waals surface area contributed by atoms with Crippen molar-refractivity contribution in [1.82, 2.24) is 4.98 Å². The number of nitrogens with one attached hydrogen (secondary N) is 1. The lowest BCUT2D eigenvalue weighted by Gasteiger charge is -2.03. The van der Waals surface area contributed by atoms with Crippen LogP contribution < -0.4 is 5.32 Å². The van der Waals surface area contributed by atoms with Gasteiger partial charge in [0.15, 0.2) is 5.13 Å². The molecule has 0 unspecified atom stereocenters. The van der Waals surface area contributed by atoms with Crippen LogP contribution in [0.25, 0.3) is 11.3 Å².